The average Bonchev–Trinajstić information content (AvgIpc) is 2.39. The molecule has 0 saturated heterocycles. The zero-order chi connectivity index (χ0) is 11.4. The van der Waals surface area contributed by atoms with Gasteiger partial charge in [0.1, 0.15) is 0 Å². The van der Waals surface area contributed by atoms with Crippen LogP contribution in [0.3, 0.4) is 0 Å². The molecule has 0 radical (unpaired) electrons. The largest absolute Gasteiger partial charge is 0.192 e. The molecule has 2 atom stereocenters. The topological polar surface area (TPSA) is 23.8 Å². The van der Waals surface area contributed by atoms with Crippen molar-refractivity contribution in [2.75, 3.05) is 0 Å². The first-order valence-electron chi connectivity index (χ1n) is 6.33. The lowest BCUT2D eigenvalue weighted by molar-refractivity contribution is 0.455. The Hall–Kier alpha value is -1.29. The number of hydrogen-bond acceptors (Lipinski definition) is 1. The first-order chi connectivity index (χ1) is 7.85. The normalized spacial score (nSPS) is 29.2. The van der Waals surface area contributed by atoms with Gasteiger partial charge in [0, 0.05) is 11.5 Å². The van der Waals surface area contributed by atoms with Gasteiger partial charge in [-0.2, -0.15) is 5.26 Å². The Labute approximate surface area is 98.2 Å². The van der Waals surface area contributed by atoms with Crippen molar-refractivity contribution in [3.05, 3.63) is 35.5 Å². The minimum atomic E-state index is 0.558. The van der Waals surface area contributed by atoms with Crippen LogP contribution >= 0.6 is 0 Å². The average molecular weight is 213 g/mol. The summed E-state index contributed by atoms with van der Waals surface area (Å²) in [6.45, 7) is 2.28. The van der Waals surface area contributed by atoms with E-state index < -0.39 is 0 Å². The Balaban J connectivity index is 2.10. The third kappa shape index (κ3) is 2.27. The highest BCUT2D eigenvalue weighted by molar-refractivity contribution is 5.38. The maximum atomic E-state index is 8.80. The lowest BCUT2D eigenvalue weighted by Crippen LogP contribution is -2.15. The molecule has 0 N–H and O–H groups in total. The van der Waals surface area contributed by atoms with Gasteiger partial charge in [-0.05, 0) is 44.1 Å². The SMILES string of the molecule is CCC1CCCC=C1C1C=CC(C#N)=CC1. The molecule has 0 aromatic carbocycles. The highest BCUT2D eigenvalue weighted by Crippen LogP contribution is 2.36. The molecule has 2 unspecified atom stereocenters. The van der Waals surface area contributed by atoms with E-state index in [0.29, 0.717) is 5.92 Å². The van der Waals surface area contributed by atoms with Gasteiger partial charge in [0.2, 0.25) is 0 Å². The summed E-state index contributed by atoms with van der Waals surface area (Å²) in [5.74, 6) is 1.34. The van der Waals surface area contributed by atoms with Gasteiger partial charge < -0.3 is 0 Å². The van der Waals surface area contributed by atoms with Crippen LogP contribution in [0.15, 0.2) is 35.5 Å². The van der Waals surface area contributed by atoms with Crippen LogP contribution in [0, 0.1) is 23.2 Å². The van der Waals surface area contributed by atoms with Crippen molar-refractivity contribution in [1.29, 1.82) is 5.26 Å². The van der Waals surface area contributed by atoms with Gasteiger partial charge in [0.25, 0.3) is 0 Å². The van der Waals surface area contributed by atoms with Gasteiger partial charge in [-0.1, -0.05) is 30.7 Å². The fourth-order valence-electron chi connectivity index (χ4n) is 2.81. The number of nitriles is 1. The summed E-state index contributed by atoms with van der Waals surface area (Å²) in [7, 11) is 0. The van der Waals surface area contributed by atoms with Crippen molar-refractivity contribution in [2.24, 2.45) is 11.8 Å². The first kappa shape index (κ1) is 11.2. The van der Waals surface area contributed by atoms with Crippen molar-refractivity contribution in [1.82, 2.24) is 0 Å². The standard InChI is InChI=1S/C15H19N/c1-2-13-5-3-4-6-15(13)14-9-7-12(11-16)8-10-14/h6-9,13-14H,2-5,10H2,1H3. The van der Waals surface area contributed by atoms with E-state index in [-0.39, 0.29) is 0 Å². The van der Waals surface area contributed by atoms with E-state index in [4.69, 9.17) is 5.26 Å². The lowest BCUT2D eigenvalue weighted by atomic mass is 9.76. The lowest BCUT2D eigenvalue weighted by Gasteiger charge is -2.29. The van der Waals surface area contributed by atoms with E-state index in [1.807, 2.05) is 6.08 Å². The van der Waals surface area contributed by atoms with Crippen LogP contribution in [0.25, 0.3) is 0 Å². The molecule has 0 aromatic heterocycles. The molecule has 0 bridgehead atoms. The molecule has 2 aliphatic rings. The molecular weight excluding hydrogens is 194 g/mol. The van der Waals surface area contributed by atoms with E-state index in [1.165, 1.54) is 25.7 Å². The van der Waals surface area contributed by atoms with Crippen molar-refractivity contribution in [2.45, 2.75) is 39.0 Å². The zero-order valence-corrected chi connectivity index (χ0v) is 9.95. The van der Waals surface area contributed by atoms with Gasteiger partial charge in [-0.3, -0.25) is 0 Å². The van der Waals surface area contributed by atoms with E-state index in [9.17, 15) is 0 Å². The summed E-state index contributed by atoms with van der Waals surface area (Å²) in [5, 5.41) is 8.80. The predicted octanol–water partition coefficient (Wildman–Crippen LogP) is 4.15. The molecule has 2 rings (SSSR count). The molecule has 0 spiro atoms. The van der Waals surface area contributed by atoms with E-state index >= 15 is 0 Å². The summed E-state index contributed by atoms with van der Waals surface area (Å²) < 4.78 is 0. The molecule has 84 valence electrons. The van der Waals surface area contributed by atoms with E-state index in [0.717, 1.165) is 17.9 Å². The number of rotatable bonds is 2. The summed E-state index contributed by atoms with van der Waals surface area (Å²) in [6, 6.07) is 2.21. The van der Waals surface area contributed by atoms with Gasteiger partial charge >= 0.3 is 0 Å². The molecule has 0 amide bonds. The summed E-state index contributed by atoms with van der Waals surface area (Å²) in [5.41, 5.74) is 2.44. The van der Waals surface area contributed by atoms with Crippen molar-refractivity contribution in [3.8, 4) is 6.07 Å². The molecule has 1 heteroatoms. The Morgan fingerprint density at radius 1 is 1.44 bits per heavy atom. The van der Waals surface area contributed by atoms with Crippen LogP contribution in [-0.2, 0) is 0 Å². The monoisotopic (exact) mass is 213 g/mol. The molecule has 0 heterocycles. The zero-order valence-electron chi connectivity index (χ0n) is 9.95. The van der Waals surface area contributed by atoms with Gasteiger partial charge in [-0.15, -0.1) is 0 Å². The Morgan fingerprint density at radius 3 is 2.94 bits per heavy atom. The Kier molecular flexibility index (Phi) is 3.62. The molecule has 0 saturated carbocycles. The number of allylic oxidation sites excluding steroid dienone is 6. The molecule has 2 aliphatic carbocycles. The molecule has 0 fully saturated rings. The second-order valence-electron chi connectivity index (χ2n) is 4.71. The predicted molar refractivity (Wildman–Crippen MR) is 66.7 cm³/mol. The Morgan fingerprint density at radius 2 is 2.31 bits per heavy atom. The van der Waals surface area contributed by atoms with Crippen molar-refractivity contribution < 1.29 is 0 Å². The van der Waals surface area contributed by atoms with Crippen molar-refractivity contribution in [3.63, 3.8) is 0 Å². The van der Waals surface area contributed by atoms with E-state index in [1.54, 1.807) is 5.57 Å². The number of nitrogens with zero attached hydrogens (tertiary/aromatic N) is 1. The molecule has 0 aromatic rings. The summed E-state index contributed by atoms with van der Waals surface area (Å²) in [4.78, 5) is 0. The minimum absolute atomic E-state index is 0.558. The van der Waals surface area contributed by atoms with Gasteiger partial charge in [-0.25, -0.2) is 0 Å². The quantitative estimate of drug-likeness (QED) is 0.632. The van der Waals surface area contributed by atoms with Crippen LogP contribution in [-0.4, -0.2) is 0 Å². The second kappa shape index (κ2) is 5.16. The third-order valence-corrected chi connectivity index (χ3v) is 3.76. The number of hydrogen-bond donors (Lipinski definition) is 0. The van der Waals surface area contributed by atoms with Crippen LogP contribution in [0.2, 0.25) is 0 Å². The summed E-state index contributed by atoms with van der Waals surface area (Å²) in [6.07, 6.45) is 14.9. The van der Waals surface area contributed by atoms with Gasteiger partial charge in [0.05, 0.1) is 6.07 Å². The summed E-state index contributed by atoms with van der Waals surface area (Å²) >= 11 is 0. The maximum absolute atomic E-state index is 8.80. The van der Waals surface area contributed by atoms with Crippen LogP contribution in [0.1, 0.15) is 39.0 Å². The maximum Gasteiger partial charge on any atom is 0.0988 e. The molecule has 16 heavy (non-hydrogen) atoms. The highest BCUT2D eigenvalue weighted by atomic mass is 14.3. The highest BCUT2D eigenvalue weighted by Gasteiger charge is 2.22. The van der Waals surface area contributed by atoms with Crippen LogP contribution in [0.4, 0.5) is 0 Å². The smallest absolute Gasteiger partial charge is 0.0988 e. The second-order valence-corrected chi connectivity index (χ2v) is 4.71. The fourth-order valence-corrected chi connectivity index (χ4v) is 2.81. The van der Waals surface area contributed by atoms with Crippen molar-refractivity contribution >= 4 is 0 Å². The van der Waals surface area contributed by atoms with Crippen LogP contribution in [0.5, 0.6) is 0 Å². The van der Waals surface area contributed by atoms with Gasteiger partial charge in [0.15, 0.2) is 0 Å². The third-order valence-electron chi connectivity index (χ3n) is 3.76. The first-order valence-corrected chi connectivity index (χ1v) is 6.33. The molecule has 0 aliphatic heterocycles. The fraction of sp³-hybridized carbons (Fsp3) is 0.533. The minimum Gasteiger partial charge on any atom is -0.192 e. The van der Waals surface area contributed by atoms with E-state index in [2.05, 4.69) is 31.2 Å². The van der Waals surface area contributed by atoms with Crippen LogP contribution < -0.4 is 0 Å². The Bertz CT molecular complexity index is 379. The molecular formula is C15H19N. The molecule has 1 nitrogen and oxygen atoms in total.